The fourth-order valence-electron chi connectivity index (χ4n) is 1.50. The largest absolute Gasteiger partial charge is 0.495 e. The highest BCUT2D eigenvalue weighted by Crippen LogP contribution is 2.27. The van der Waals surface area contributed by atoms with Crippen LogP contribution in [-0.2, 0) is 9.53 Å². The number of halogens is 1. The van der Waals surface area contributed by atoms with E-state index in [0.717, 1.165) is 16.6 Å². The smallest absolute Gasteiger partial charge is 0.239 e. The first kappa shape index (κ1) is 15.8. The van der Waals surface area contributed by atoms with Crippen LogP contribution in [0.2, 0.25) is 0 Å². The first-order chi connectivity index (χ1) is 9.17. The van der Waals surface area contributed by atoms with Crippen LogP contribution < -0.4 is 15.4 Å². The molecular weight excluding hydrogens is 312 g/mol. The lowest BCUT2D eigenvalue weighted by molar-refractivity contribution is -0.119. The average molecular weight is 331 g/mol. The highest BCUT2D eigenvalue weighted by Gasteiger charge is 2.05. The molecule has 0 aliphatic heterocycles. The van der Waals surface area contributed by atoms with Crippen LogP contribution in [0, 0.1) is 0 Å². The minimum absolute atomic E-state index is 0.0573. The van der Waals surface area contributed by atoms with Crippen molar-refractivity contribution in [2.45, 2.75) is 6.42 Å². The van der Waals surface area contributed by atoms with Gasteiger partial charge < -0.3 is 20.1 Å². The predicted molar refractivity (Wildman–Crippen MR) is 78.7 cm³/mol. The van der Waals surface area contributed by atoms with E-state index in [2.05, 4.69) is 26.6 Å². The quantitative estimate of drug-likeness (QED) is 0.716. The van der Waals surface area contributed by atoms with Gasteiger partial charge >= 0.3 is 0 Å². The minimum atomic E-state index is -0.0573. The van der Waals surface area contributed by atoms with Crippen molar-refractivity contribution in [1.82, 2.24) is 5.32 Å². The molecule has 5 nitrogen and oxygen atoms in total. The van der Waals surface area contributed by atoms with Crippen LogP contribution in [-0.4, -0.2) is 39.8 Å². The highest BCUT2D eigenvalue weighted by atomic mass is 79.9. The fourth-order valence-corrected chi connectivity index (χ4v) is 1.86. The van der Waals surface area contributed by atoms with E-state index in [1.807, 2.05) is 18.2 Å². The molecule has 0 atom stereocenters. The zero-order chi connectivity index (χ0) is 14.1. The van der Waals surface area contributed by atoms with Crippen LogP contribution >= 0.6 is 15.9 Å². The summed E-state index contributed by atoms with van der Waals surface area (Å²) in [5.41, 5.74) is 0.781. The van der Waals surface area contributed by atoms with E-state index < -0.39 is 0 Å². The molecule has 0 heterocycles. The van der Waals surface area contributed by atoms with Crippen LogP contribution in [0.1, 0.15) is 6.42 Å². The highest BCUT2D eigenvalue weighted by molar-refractivity contribution is 9.10. The molecule has 0 aromatic heterocycles. The molecule has 0 unspecified atom stereocenters. The van der Waals surface area contributed by atoms with Crippen molar-refractivity contribution in [2.24, 2.45) is 0 Å². The molecule has 0 radical (unpaired) electrons. The van der Waals surface area contributed by atoms with Crippen LogP contribution in [0.3, 0.4) is 0 Å². The molecule has 0 bridgehead atoms. The number of carbonyl (C=O) groups excluding carboxylic acids is 1. The van der Waals surface area contributed by atoms with Crippen LogP contribution in [0.5, 0.6) is 5.75 Å². The predicted octanol–water partition coefficient (Wildman–Crippen LogP) is 2.02. The summed E-state index contributed by atoms with van der Waals surface area (Å²) >= 11 is 3.38. The van der Waals surface area contributed by atoms with Crippen molar-refractivity contribution in [1.29, 1.82) is 0 Å². The Kier molecular flexibility index (Phi) is 7.28. The Labute approximate surface area is 121 Å². The van der Waals surface area contributed by atoms with Crippen LogP contribution in [0.25, 0.3) is 0 Å². The van der Waals surface area contributed by atoms with E-state index in [9.17, 15) is 4.79 Å². The summed E-state index contributed by atoms with van der Waals surface area (Å²) in [6, 6.07) is 5.59. The Balaban J connectivity index is 2.39. The lowest BCUT2D eigenvalue weighted by atomic mass is 10.3. The summed E-state index contributed by atoms with van der Waals surface area (Å²) in [5, 5.41) is 5.85. The van der Waals surface area contributed by atoms with E-state index in [-0.39, 0.29) is 12.5 Å². The molecule has 1 aromatic carbocycles. The Morgan fingerprint density at radius 1 is 1.37 bits per heavy atom. The summed E-state index contributed by atoms with van der Waals surface area (Å²) < 4.78 is 11.0. The Hall–Kier alpha value is -1.27. The third kappa shape index (κ3) is 5.94. The van der Waals surface area contributed by atoms with Crippen molar-refractivity contribution in [2.75, 3.05) is 39.2 Å². The van der Waals surface area contributed by atoms with Gasteiger partial charge in [-0.15, -0.1) is 0 Å². The molecule has 0 fully saturated rings. The molecule has 0 saturated carbocycles. The number of benzene rings is 1. The van der Waals surface area contributed by atoms with E-state index in [4.69, 9.17) is 9.47 Å². The SMILES string of the molecule is COCCCNC(=O)CNc1cc(Br)ccc1OC. The van der Waals surface area contributed by atoms with Crippen molar-refractivity contribution < 1.29 is 14.3 Å². The zero-order valence-corrected chi connectivity index (χ0v) is 12.7. The average Bonchev–Trinajstić information content (AvgIpc) is 2.41. The second-order valence-electron chi connectivity index (χ2n) is 3.89. The Morgan fingerprint density at radius 3 is 2.84 bits per heavy atom. The molecule has 19 heavy (non-hydrogen) atoms. The van der Waals surface area contributed by atoms with Gasteiger partial charge in [0.05, 0.1) is 19.3 Å². The standard InChI is InChI=1S/C13H19BrN2O3/c1-18-7-3-6-15-13(17)9-16-11-8-10(14)4-5-12(11)19-2/h4-5,8,16H,3,6-7,9H2,1-2H3,(H,15,17). The number of amides is 1. The van der Waals surface area contributed by atoms with Gasteiger partial charge in [0.25, 0.3) is 0 Å². The van der Waals surface area contributed by atoms with Gasteiger partial charge in [0.1, 0.15) is 5.75 Å². The zero-order valence-electron chi connectivity index (χ0n) is 11.2. The van der Waals surface area contributed by atoms with E-state index in [1.165, 1.54) is 0 Å². The number of anilines is 1. The van der Waals surface area contributed by atoms with E-state index in [1.54, 1.807) is 14.2 Å². The molecular formula is C13H19BrN2O3. The molecule has 106 valence electrons. The van der Waals surface area contributed by atoms with E-state index in [0.29, 0.717) is 18.9 Å². The maximum Gasteiger partial charge on any atom is 0.239 e. The monoisotopic (exact) mass is 330 g/mol. The maximum absolute atomic E-state index is 11.6. The normalized spacial score (nSPS) is 10.1. The number of carbonyl (C=O) groups is 1. The molecule has 1 aromatic rings. The molecule has 2 N–H and O–H groups in total. The summed E-state index contributed by atoms with van der Waals surface area (Å²) in [6.07, 6.45) is 0.808. The van der Waals surface area contributed by atoms with Crippen molar-refractivity contribution in [3.05, 3.63) is 22.7 Å². The number of hydrogen-bond acceptors (Lipinski definition) is 4. The summed E-state index contributed by atoms with van der Waals surface area (Å²) in [5.74, 6) is 0.647. The molecule has 0 aliphatic rings. The van der Waals surface area contributed by atoms with Gasteiger partial charge in [-0.05, 0) is 24.6 Å². The first-order valence-electron chi connectivity index (χ1n) is 6.00. The number of nitrogens with one attached hydrogen (secondary N) is 2. The molecule has 0 aliphatic carbocycles. The topological polar surface area (TPSA) is 59.6 Å². The van der Waals surface area contributed by atoms with E-state index >= 15 is 0 Å². The minimum Gasteiger partial charge on any atom is -0.495 e. The second-order valence-corrected chi connectivity index (χ2v) is 4.81. The first-order valence-corrected chi connectivity index (χ1v) is 6.79. The molecule has 1 amide bonds. The van der Waals surface area contributed by atoms with Gasteiger partial charge in [-0.25, -0.2) is 0 Å². The summed E-state index contributed by atoms with van der Waals surface area (Å²) in [7, 11) is 3.24. The Bertz CT molecular complexity index is 413. The summed E-state index contributed by atoms with van der Waals surface area (Å²) in [6.45, 7) is 1.47. The van der Waals surface area contributed by atoms with Gasteiger partial charge in [0, 0.05) is 24.7 Å². The number of hydrogen-bond donors (Lipinski definition) is 2. The van der Waals surface area contributed by atoms with Crippen molar-refractivity contribution >= 4 is 27.5 Å². The number of ether oxygens (including phenoxy) is 2. The third-order valence-corrected chi connectivity index (χ3v) is 2.94. The maximum atomic E-state index is 11.6. The van der Waals surface area contributed by atoms with Gasteiger partial charge in [0.15, 0.2) is 0 Å². The van der Waals surface area contributed by atoms with Crippen molar-refractivity contribution in [3.8, 4) is 5.75 Å². The van der Waals surface area contributed by atoms with Crippen molar-refractivity contribution in [3.63, 3.8) is 0 Å². The van der Waals surface area contributed by atoms with Gasteiger partial charge in [0.2, 0.25) is 5.91 Å². The summed E-state index contributed by atoms with van der Waals surface area (Å²) in [4.78, 5) is 11.6. The Morgan fingerprint density at radius 2 is 2.16 bits per heavy atom. The van der Waals surface area contributed by atoms with Gasteiger partial charge in [-0.3, -0.25) is 4.79 Å². The van der Waals surface area contributed by atoms with Crippen LogP contribution in [0.4, 0.5) is 5.69 Å². The number of rotatable bonds is 8. The molecule has 6 heteroatoms. The van der Waals surface area contributed by atoms with Gasteiger partial charge in [-0.2, -0.15) is 0 Å². The van der Waals surface area contributed by atoms with Crippen LogP contribution in [0.15, 0.2) is 22.7 Å². The lowest BCUT2D eigenvalue weighted by Crippen LogP contribution is -2.31. The second kappa shape index (κ2) is 8.77. The molecule has 1 rings (SSSR count). The fraction of sp³-hybridized carbons (Fsp3) is 0.462. The lowest BCUT2D eigenvalue weighted by Gasteiger charge is -2.11. The molecule has 0 saturated heterocycles. The number of methoxy groups -OCH3 is 2. The molecule has 0 spiro atoms. The third-order valence-electron chi connectivity index (χ3n) is 2.45. The van der Waals surface area contributed by atoms with Gasteiger partial charge in [-0.1, -0.05) is 15.9 Å².